The van der Waals surface area contributed by atoms with Crippen molar-refractivity contribution in [3.63, 3.8) is 0 Å². The van der Waals surface area contributed by atoms with E-state index < -0.39 is 0 Å². The standard InChI is InChI=1S/C27H31N3O4/c1-30-12-4-5-21(16-30)34-25-10-8-19(14-26(25)32-2)23-15-24-22(6-3-11-28-24)27(29-23)33-17-18-7-9-20(31)13-18/h3,6,8,10-11,14-15,18,21H,4-5,7,9,12-13,16-17H2,1-2H3/t18-,21?/m0/s1. The molecular formula is C27H31N3O4. The summed E-state index contributed by atoms with van der Waals surface area (Å²) in [6.45, 7) is 2.51. The van der Waals surface area contributed by atoms with E-state index in [9.17, 15) is 4.79 Å². The second kappa shape index (κ2) is 9.97. The van der Waals surface area contributed by atoms with E-state index >= 15 is 0 Å². The van der Waals surface area contributed by atoms with E-state index in [0.29, 0.717) is 36.9 Å². The molecule has 2 fully saturated rings. The first-order valence-corrected chi connectivity index (χ1v) is 12.0. The summed E-state index contributed by atoms with van der Waals surface area (Å²) >= 11 is 0. The van der Waals surface area contributed by atoms with Crippen LogP contribution in [0.15, 0.2) is 42.6 Å². The third-order valence-electron chi connectivity index (χ3n) is 6.70. The van der Waals surface area contributed by atoms with Gasteiger partial charge >= 0.3 is 0 Å². The van der Waals surface area contributed by atoms with E-state index in [2.05, 4.69) is 16.9 Å². The number of rotatable bonds is 7. The van der Waals surface area contributed by atoms with Crippen molar-refractivity contribution in [1.82, 2.24) is 14.9 Å². The van der Waals surface area contributed by atoms with Gasteiger partial charge in [0.25, 0.3) is 0 Å². The van der Waals surface area contributed by atoms with Crippen molar-refractivity contribution in [2.75, 3.05) is 33.9 Å². The molecule has 1 aliphatic carbocycles. The van der Waals surface area contributed by atoms with Crippen LogP contribution in [0.25, 0.3) is 22.2 Å². The molecule has 0 amide bonds. The van der Waals surface area contributed by atoms with Crippen molar-refractivity contribution in [2.24, 2.45) is 5.92 Å². The van der Waals surface area contributed by atoms with Gasteiger partial charge in [-0.3, -0.25) is 9.78 Å². The second-order valence-electron chi connectivity index (χ2n) is 9.35. The minimum atomic E-state index is 0.156. The number of likely N-dealkylation sites (N-methyl/N-ethyl adjacent to an activating group) is 1. The molecule has 1 aliphatic heterocycles. The van der Waals surface area contributed by atoms with Crippen molar-refractivity contribution in [3.05, 3.63) is 42.6 Å². The predicted molar refractivity (Wildman–Crippen MR) is 131 cm³/mol. The second-order valence-corrected chi connectivity index (χ2v) is 9.35. The zero-order valence-electron chi connectivity index (χ0n) is 19.8. The molecule has 2 aromatic heterocycles. The van der Waals surface area contributed by atoms with Crippen LogP contribution in [0.4, 0.5) is 0 Å². The van der Waals surface area contributed by atoms with Crippen LogP contribution < -0.4 is 14.2 Å². The Morgan fingerprint density at radius 3 is 2.85 bits per heavy atom. The first-order valence-electron chi connectivity index (χ1n) is 12.0. The number of likely N-dealkylation sites (tertiary alicyclic amines) is 1. The molecule has 7 nitrogen and oxygen atoms in total. The number of aromatic nitrogens is 2. The van der Waals surface area contributed by atoms with E-state index in [1.807, 2.05) is 36.4 Å². The number of Topliss-reactive ketones (excluding diaryl/α,β-unsaturated/α-hetero) is 1. The molecule has 3 heterocycles. The van der Waals surface area contributed by atoms with Crippen LogP contribution in [0, 0.1) is 5.92 Å². The lowest BCUT2D eigenvalue weighted by Gasteiger charge is -2.30. The number of methoxy groups -OCH3 is 1. The molecule has 2 aliphatic rings. The van der Waals surface area contributed by atoms with Gasteiger partial charge in [-0.05, 0) is 69.3 Å². The molecule has 34 heavy (non-hydrogen) atoms. The number of carbonyl (C=O) groups is 1. The van der Waals surface area contributed by atoms with E-state index in [1.54, 1.807) is 13.3 Å². The van der Waals surface area contributed by atoms with Gasteiger partial charge in [0.15, 0.2) is 11.5 Å². The first kappa shape index (κ1) is 22.6. The number of nitrogens with zero attached hydrogens (tertiary/aromatic N) is 3. The van der Waals surface area contributed by atoms with Crippen molar-refractivity contribution in [2.45, 2.75) is 38.2 Å². The van der Waals surface area contributed by atoms with Crippen molar-refractivity contribution >= 4 is 16.7 Å². The van der Waals surface area contributed by atoms with Crippen molar-refractivity contribution in [3.8, 4) is 28.6 Å². The Bertz CT molecular complexity index is 1180. The number of benzene rings is 1. The van der Waals surface area contributed by atoms with Crippen LogP contribution in [-0.2, 0) is 4.79 Å². The zero-order chi connectivity index (χ0) is 23.5. The Hall–Kier alpha value is -3.19. The quantitative estimate of drug-likeness (QED) is 0.512. The van der Waals surface area contributed by atoms with E-state index in [0.717, 1.165) is 60.3 Å². The van der Waals surface area contributed by atoms with Gasteiger partial charge in [0.2, 0.25) is 5.88 Å². The van der Waals surface area contributed by atoms with Gasteiger partial charge in [0.1, 0.15) is 11.9 Å². The van der Waals surface area contributed by atoms with Crippen LogP contribution in [0.2, 0.25) is 0 Å². The Morgan fingerprint density at radius 1 is 1.15 bits per heavy atom. The van der Waals surface area contributed by atoms with Crippen LogP contribution >= 0.6 is 0 Å². The number of ketones is 1. The van der Waals surface area contributed by atoms with Gasteiger partial charge in [-0.1, -0.05) is 0 Å². The van der Waals surface area contributed by atoms with Crippen molar-refractivity contribution < 1.29 is 19.0 Å². The molecular weight excluding hydrogens is 430 g/mol. The van der Waals surface area contributed by atoms with E-state index in [4.69, 9.17) is 19.2 Å². The first-order chi connectivity index (χ1) is 16.6. The smallest absolute Gasteiger partial charge is 0.223 e. The van der Waals surface area contributed by atoms with Gasteiger partial charge in [0.05, 0.1) is 30.3 Å². The molecule has 1 saturated heterocycles. The highest BCUT2D eigenvalue weighted by Gasteiger charge is 2.24. The Balaban J connectivity index is 1.42. The Kier molecular flexibility index (Phi) is 6.63. The molecule has 5 rings (SSSR count). The maximum atomic E-state index is 11.6. The third kappa shape index (κ3) is 4.99. The summed E-state index contributed by atoms with van der Waals surface area (Å²) in [5.74, 6) is 2.54. The highest BCUT2D eigenvalue weighted by atomic mass is 16.5. The highest BCUT2D eigenvalue weighted by molar-refractivity contribution is 5.87. The lowest BCUT2D eigenvalue weighted by atomic mass is 10.1. The van der Waals surface area contributed by atoms with Crippen LogP contribution in [0.5, 0.6) is 17.4 Å². The van der Waals surface area contributed by atoms with Crippen LogP contribution in [0.1, 0.15) is 32.1 Å². The fourth-order valence-electron chi connectivity index (χ4n) is 4.85. The molecule has 0 radical (unpaired) electrons. The summed E-state index contributed by atoms with van der Waals surface area (Å²) in [4.78, 5) is 23.3. The molecule has 1 saturated carbocycles. The Morgan fingerprint density at radius 2 is 2.06 bits per heavy atom. The summed E-state index contributed by atoms with van der Waals surface area (Å²) in [7, 11) is 3.78. The summed E-state index contributed by atoms with van der Waals surface area (Å²) < 4.78 is 18.1. The number of ether oxygens (including phenoxy) is 3. The number of fused-ring (bicyclic) bond motifs is 1. The van der Waals surface area contributed by atoms with Crippen molar-refractivity contribution in [1.29, 1.82) is 0 Å². The molecule has 1 aromatic carbocycles. The van der Waals surface area contributed by atoms with Gasteiger partial charge in [-0.25, -0.2) is 4.98 Å². The summed E-state index contributed by atoms with van der Waals surface area (Å²) in [6, 6.07) is 11.7. The largest absolute Gasteiger partial charge is 0.493 e. The SMILES string of the molecule is COc1cc(-c2cc3ncccc3c(OC[C@H]3CCC(=O)C3)n2)ccc1OC1CCCN(C)C1. The maximum Gasteiger partial charge on any atom is 0.223 e. The van der Waals surface area contributed by atoms with E-state index in [1.165, 1.54) is 0 Å². The minimum Gasteiger partial charge on any atom is -0.493 e. The molecule has 0 spiro atoms. The van der Waals surface area contributed by atoms with Crippen LogP contribution in [0.3, 0.4) is 0 Å². The average Bonchev–Trinajstić information content (AvgIpc) is 3.27. The summed E-state index contributed by atoms with van der Waals surface area (Å²) in [6.07, 6.45) is 6.21. The van der Waals surface area contributed by atoms with Gasteiger partial charge in [0, 0.05) is 37.1 Å². The average molecular weight is 462 g/mol. The fraction of sp³-hybridized carbons (Fsp3) is 0.444. The maximum absolute atomic E-state index is 11.6. The van der Waals surface area contributed by atoms with Gasteiger partial charge in [-0.2, -0.15) is 0 Å². The lowest BCUT2D eigenvalue weighted by molar-refractivity contribution is -0.117. The van der Waals surface area contributed by atoms with Crippen LogP contribution in [-0.4, -0.2) is 60.6 Å². The van der Waals surface area contributed by atoms with E-state index in [-0.39, 0.29) is 12.0 Å². The number of carbonyl (C=O) groups excluding carboxylic acids is 1. The molecule has 0 N–H and O–H groups in total. The minimum absolute atomic E-state index is 0.156. The number of hydrogen-bond acceptors (Lipinski definition) is 7. The highest BCUT2D eigenvalue weighted by Crippen LogP contribution is 2.36. The summed E-state index contributed by atoms with van der Waals surface area (Å²) in [5.41, 5.74) is 2.47. The Labute approximate surface area is 200 Å². The predicted octanol–water partition coefficient (Wildman–Crippen LogP) is 4.53. The zero-order valence-corrected chi connectivity index (χ0v) is 19.8. The molecule has 2 atom stereocenters. The summed E-state index contributed by atoms with van der Waals surface area (Å²) in [5, 5.41) is 0.865. The fourth-order valence-corrected chi connectivity index (χ4v) is 4.85. The lowest BCUT2D eigenvalue weighted by Crippen LogP contribution is -2.38. The molecule has 7 heteroatoms. The van der Waals surface area contributed by atoms with Gasteiger partial charge < -0.3 is 19.1 Å². The molecule has 3 aromatic rings. The molecule has 0 bridgehead atoms. The number of hydrogen-bond donors (Lipinski definition) is 0. The molecule has 178 valence electrons. The molecule has 1 unspecified atom stereocenters. The van der Waals surface area contributed by atoms with Gasteiger partial charge in [-0.15, -0.1) is 0 Å². The number of pyridine rings is 2. The monoisotopic (exact) mass is 461 g/mol. The topological polar surface area (TPSA) is 73.8 Å². The normalized spacial score (nSPS) is 21.1. The third-order valence-corrected chi connectivity index (χ3v) is 6.70. The number of piperidine rings is 1.